The lowest BCUT2D eigenvalue weighted by Gasteiger charge is -2.15. The van der Waals surface area contributed by atoms with Crippen LogP contribution in [-0.4, -0.2) is 11.1 Å². The first kappa shape index (κ1) is 12.7. The molecule has 0 amide bonds. The topological polar surface area (TPSA) is 37.3 Å². The van der Waals surface area contributed by atoms with Gasteiger partial charge in [0.05, 0.1) is 5.57 Å². The number of aryl methyl sites for hydroxylation is 1. The first-order valence-electron chi connectivity index (χ1n) is 6.69. The van der Waals surface area contributed by atoms with Gasteiger partial charge in [0.15, 0.2) is 0 Å². The van der Waals surface area contributed by atoms with Crippen molar-refractivity contribution in [1.29, 1.82) is 0 Å². The molecule has 0 spiro atoms. The Morgan fingerprint density at radius 3 is 2.40 bits per heavy atom. The fourth-order valence-electron chi connectivity index (χ4n) is 3.06. The summed E-state index contributed by atoms with van der Waals surface area (Å²) in [6.07, 6.45) is 0. The van der Waals surface area contributed by atoms with Crippen LogP contribution in [0, 0.1) is 6.92 Å². The molecule has 2 aromatic carbocycles. The number of carboxylic acid groups (broad SMARTS) is 1. The van der Waals surface area contributed by atoms with Crippen LogP contribution in [0.4, 0.5) is 0 Å². The number of benzene rings is 2. The first-order valence-corrected chi connectivity index (χ1v) is 6.69. The molecule has 0 heterocycles. The minimum Gasteiger partial charge on any atom is -0.478 e. The van der Waals surface area contributed by atoms with Gasteiger partial charge >= 0.3 is 5.97 Å². The maximum absolute atomic E-state index is 11.7. The smallest absolute Gasteiger partial charge is 0.332 e. The predicted octanol–water partition coefficient (Wildman–Crippen LogP) is 4.00. The highest BCUT2D eigenvalue weighted by atomic mass is 16.4. The maximum Gasteiger partial charge on any atom is 0.332 e. The van der Waals surface area contributed by atoms with E-state index in [4.69, 9.17) is 0 Å². The minimum atomic E-state index is -0.829. The van der Waals surface area contributed by atoms with E-state index in [0.29, 0.717) is 5.57 Å². The highest BCUT2D eigenvalue weighted by molar-refractivity contribution is 6.02. The fourth-order valence-corrected chi connectivity index (χ4v) is 3.06. The lowest BCUT2D eigenvalue weighted by atomic mass is 9.88. The molecule has 0 radical (unpaired) electrons. The Morgan fingerprint density at radius 1 is 1.05 bits per heavy atom. The molecule has 1 unspecified atom stereocenters. The third kappa shape index (κ3) is 1.85. The summed E-state index contributed by atoms with van der Waals surface area (Å²) < 4.78 is 0. The van der Waals surface area contributed by atoms with Crippen LogP contribution >= 0.6 is 0 Å². The second-order valence-electron chi connectivity index (χ2n) is 5.28. The summed E-state index contributed by atoms with van der Waals surface area (Å²) in [6, 6.07) is 16.0. The Hall–Kier alpha value is -2.35. The van der Waals surface area contributed by atoms with Gasteiger partial charge in [0.25, 0.3) is 0 Å². The second kappa shape index (κ2) is 4.64. The summed E-state index contributed by atoms with van der Waals surface area (Å²) in [5.74, 6) is -0.992. The summed E-state index contributed by atoms with van der Waals surface area (Å²) in [5, 5.41) is 9.60. The van der Waals surface area contributed by atoms with Crippen molar-refractivity contribution in [2.45, 2.75) is 19.8 Å². The molecule has 1 atom stereocenters. The number of hydrogen-bond acceptors (Lipinski definition) is 1. The van der Waals surface area contributed by atoms with Crippen LogP contribution < -0.4 is 0 Å². The monoisotopic (exact) mass is 264 g/mol. The van der Waals surface area contributed by atoms with Crippen LogP contribution in [0.2, 0.25) is 0 Å². The van der Waals surface area contributed by atoms with Gasteiger partial charge in [-0.25, -0.2) is 4.79 Å². The molecule has 2 nitrogen and oxygen atoms in total. The largest absolute Gasteiger partial charge is 0.478 e. The number of rotatable bonds is 2. The quantitative estimate of drug-likeness (QED) is 0.890. The van der Waals surface area contributed by atoms with Crippen LogP contribution in [0.15, 0.2) is 54.1 Å². The molecule has 1 aliphatic rings. The molecule has 2 heteroatoms. The molecule has 0 saturated heterocycles. The average molecular weight is 264 g/mol. The van der Waals surface area contributed by atoms with Gasteiger partial charge in [0, 0.05) is 5.92 Å². The number of carbonyl (C=O) groups is 1. The van der Waals surface area contributed by atoms with Gasteiger partial charge in [0.1, 0.15) is 0 Å². The molecule has 0 aromatic heterocycles. The van der Waals surface area contributed by atoms with Crippen LogP contribution in [-0.2, 0) is 4.79 Å². The van der Waals surface area contributed by atoms with Crippen molar-refractivity contribution in [3.63, 3.8) is 0 Å². The van der Waals surface area contributed by atoms with Crippen molar-refractivity contribution in [1.82, 2.24) is 0 Å². The average Bonchev–Trinajstić information content (AvgIpc) is 2.72. The molecule has 0 saturated carbocycles. The Kier molecular flexibility index (Phi) is 2.94. The summed E-state index contributed by atoms with van der Waals surface area (Å²) in [5.41, 5.74) is 5.73. The Morgan fingerprint density at radius 2 is 1.75 bits per heavy atom. The van der Waals surface area contributed by atoms with Gasteiger partial charge in [-0.1, -0.05) is 54.1 Å². The number of carboxylic acids is 1. The minimum absolute atomic E-state index is 0.163. The Balaban J connectivity index is 2.26. The number of fused-ring (bicyclic) bond motifs is 1. The van der Waals surface area contributed by atoms with Crippen LogP contribution in [0.25, 0.3) is 5.57 Å². The van der Waals surface area contributed by atoms with E-state index in [2.05, 4.69) is 6.07 Å². The van der Waals surface area contributed by atoms with E-state index in [0.717, 1.165) is 27.8 Å². The number of hydrogen-bond donors (Lipinski definition) is 1. The predicted molar refractivity (Wildman–Crippen MR) is 79.7 cm³/mol. The van der Waals surface area contributed by atoms with Crippen LogP contribution in [0.1, 0.15) is 35.1 Å². The Labute approximate surface area is 118 Å². The van der Waals surface area contributed by atoms with Crippen molar-refractivity contribution < 1.29 is 9.90 Å². The third-order valence-corrected chi connectivity index (χ3v) is 3.98. The van der Waals surface area contributed by atoms with E-state index >= 15 is 0 Å². The van der Waals surface area contributed by atoms with Crippen LogP contribution in [0.5, 0.6) is 0 Å². The van der Waals surface area contributed by atoms with Crippen LogP contribution in [0.3, 0.4) is 0 Å². The van der Waals surface area contributed by atoms with E-state index in [1.807, 2.05) is 56.3 Å². The van der Waals surface area contributed by atoms with Gasteiger partial charge in [-0.3, -0.25) is 0 Å². The van der Waals surface area contributed by atoms with Crippen molar-refractivity contribution in [2.75, 3.05) is 0 Å². The van der Waals surface area contributed by atoms with Gasteiger partial charge in [-0.2, -0.15) is 0 Å². The highest BCUT2D eigenvalue weighted by Gasteiger charge is 2.34. The zero-order valence-corrected chi connectivity index (χ0v) is 11.6. The molecule has 2 aromatic rings. The molecular formula is C18H16O2. The zero-order valence-electron chi connectivity index (χ0n) is 11.6. The maximum atomic E-state index is 11.7. The summed E-state index contributed by atoms with van der Waals surface area (Å²) in [7, 11) is 0. The lowest BCUT2D eigenvalue weighted by Crippen LogP contribution is -2.09. The molecule has 100 valence electrons. The Bertz CT molecular complexity index is 711. The third-order valence-electron chi connectivity index (χ3n) is 3.98. The van der Waals surface area contributed by atoms with Crippen molar-refractivity contribution in [3.8, 4) is 0 Å². The zero-order chi connectivity index (χ0) is 14.3. The standard InChI is InChI=1S/C18H16O2/c1-11-8-9-14-12(2)16(18(19)20)17(15(14)10-11)13-6-4-3-5-7-13/h3-10,17H,1-2H3,(H,19,20). The van der Waals surface area contributed by atoms with E-state index in [1.54, 1.807) is 0 Å². The lowest BCUT2D eigenvalue weighted by molar-refractivity contribution is -0.132. The van der Waals surface area contributed by atoms with Gasteiger partial charge < -0.3 is 5.11 Å². The molecule has 3 rings (SSSR count). The summed E-state index contributed by atoms with van der Waals surface area (Å²) >= 11 is 0. The normalized spacial score (nSPS) is 17.2. The first-order chi connectivity index (χ1) is 9.59. The highest BCUT2D eigenvalue weighted by Crippen LogP contribution is 2.45. The summed E-state index contributed by atoms with van der Waals surface area (Å²) in [6.45, 7) is 3.94. The van der Waals surface area contributed by atoms with E-state index in [-0.39, 0.29) is 5.92 Å². The molecule has 0 bridgehead atoms. The molecular weight excluding hydrogens is 248 g/mol. The van der Waals surface area contributed by atoms with Crippen molar-refractivity contribution in [3.05, 3.63) is 76.4 Å². The number of aliphatic carboxylic acids is 1. The van der Waals surface area contributed by atoms with Gasteiger partial charge in [-0.05, 0) is 36.1 Å². The van der Waals surface area contributed by atoms with E-state index in [9.17, 15) is 9.90 Å². The molecule has 0 aliphatic heterocycles. The second-order valence-corrected chi connectivity index (χ2v) is 5.28. The number of allylic oxidation sites excluding steroid dienone is 1. The molecule has 0 fully saturated rings. The van der Waals surface area contributed by atoms with E-state index < -0.39 is 5.97 Å². The fraction of sp³-hybridized carbons (Fsp3) is 0.167. The van der Waals surface area contributed by atoms with E-state index in [1.165, 1.54) is 0 Å². The van der Waals surface area contributed by atoms with Crippen molar-refractivity contribution in [2.24, 2.45) is 0 Å². The van der Waals surface area contributed by atoms with Gasteiger partial charge in [0.2, 0.25) is 0 Å². The molecule has 20 heavy (non-hydrogen) atoms. The summed E-state index contributed by atoms with van der Waals surface area (Å²) in [4.78, 5) is 11.7. The molecule has 1 aliphatic carbocycles. The molecule has 1 N–H and O–H groups in total. The SMILES string of the molecule is CC1=C(C(=O)O)C(c2ccccc2)c2cc(C)ccc21. The van der Waals surface area contributed by atoms with Crippen molar-refractivity contribution >= 4 is 11.5 Å². The van der Waals surface area contributed by atoms with Gasteiger partial charge in [-0.15, -0.1) is 0 Å².